The summed E-state index contributed by atoms with van der Waals surface area (Å²) < 4.78 is 3.15. The monoisotopic (exact) mass is 305 g/mol. The van der Waals surface area contributed by atoms with Crippen molar-refractivity contribution in [2.45, 2.75) is 39.8 Å². The predicted molar refractivity (Wildman–Crippen MR) is 75.0 cm³/mol. The fourth-order valence-corrected chi connectivity index (χ4v) is 2.74. The molecule has 1 unspecified atom stereocenters. The molecule has 0 saturated carbocycles. The summed E-state index contributed by atoms with van der Waals surface area (Å²) in [5.74, 6) is 2.14. The van der Waals surface area contributed by atoms with Crippen LogP contribution in [0.15, 0.2) is 4.47 Å². The molecule has 1 aromatic rings. The van der Waals surface area contributed by atoms with Crippen molar-refractivity contribution < 1.29 is 0 Å². The maximum Gasteiger partial charge on any atom is 0.0738 e. The zero-order chi connectivity index (χ0) is 12.1. The minimum atomic E-state index is 0.211. The van der Waals surface area contributed by atoms with E-state index in [0.717, 1.165) is 34.6 Å². The average Bonchev–Trinajstić information content (AvgIpc) is 2.54. The van der Waals surface area contributed by atoms with Crippen molar-refractivity contribution in [3.8, 4) is 0 Å². The summed E-state index contributed by atoms with van der Waals surface area (Å²) in [6.07, 6.45) is 0.891. The van der Waals surface area contributed by atoms with E-state index in [1.807, 2.05) is 23.4 Å². The Kier molecular flexibility index (Phi) is 5.86. The maximum atomic E-state index is 6.11. The van der Waals surface area contributed by atoms with Crippen molar-refractivity contribution in [3.63, 3.8) is 0 Å². The van der Waals surface area contributed by atoms with Gasteiger partial charge in [-0.25, -0.2) is 0 Å². The van der Waals surface area contributed by atoms with Gasteiger partial charge in [0.25, 0.3) is 0 Å². The van der Waals surface area contributed by atoms with Crippen LogP contribution in [0.2, 0.25) is 0 Å². The summed E-state index contributed by atoms with van der Waals surface area (Å²) in [6.45, 7) is 7.18. The molecule has 0 aromatic carbocycles. The van der Waals surface area contributed by atoms with Gasteiger partial charge in [-0.15, -0.1) is 0 Å². The number of rotatable bonds is 6. The van der Waals surface area contributed by atoms with Gasteiger partial charge in [-0.3, -0.25) is 4.68 Å². The number of aromatic nitrogens is 2. The number of nitrogens with zero attached hydrogens (tertiary/aromatic N) is 2. The molecule has 0 saturated heterocycles. The van der Waals surface area contributed by atoms with Crippen molar-refractivity contribution in [1.29, 1.82) is 0 Å². The molecule has 92 valence electrons. The molecule has 2 N–H and O–H groups in total. The SMILES string of the molecule is CCSCC(N)Cc1c(Br)c(C)nn1CC. The molecule has 16 heavy (non-hydrogen) atoms. The Labute approximate surface area is 110 Å². The van der Waals surface area contributed by atoms with Crippen molar-refractivity contribution >= 4 is 27.7 Å². The molecular weight excluding hydrogens is 286 g/mol. The zero-order valence-electron chi connectivity index (χ0n) is 10.2. The second kappa shape index (κ2) is 6.67. The lowest BCUT2D eigenvalue weighted by Crippen LogP contribution is -2.27. The first-order valence-corrected chi connectivity index (χ1v) is 7.60. The highest BCUT2D eigenvalue weighted by Gasteiger charge is 2.15. The van der Waals surface area contributed by atoms with Gasteiger partial charge in [0.05, 0.1) is 15.9 Å². The van der Waals surface area contributed by atoms with Crippen molar-refractivity contribution in [2.24, 2.45) is 5.73 Å². The van der Waals surface area contributed by atoms with Crippen LogP contribution in [0.1, 0.15) is 25.2 Å². The van der Waals surface area contributed by atoms with E-state index in [-0.39, 0.29) is 6.04 Å². The number of nitrogens with two attached hydrogens (primary N) is 1. The Bertz CT molecular complexity index is 338. The van der Waals surface area contributed by atoms with E-state index >= 15 is 0 Å². The van der Waals surface area contributed by atoms with Gasteiger partial charge in [-0.2, -0.15) is 16.9 Å². The lowest BCUT2D eigenvalue weighted by Gasteiger charge is -2.12. The molecule has 1 aromatic heterocycles. The predicted octanol–water partition coefficient (Wildman–Crippen LogP) is 2.60. The Morgan fingerprint density at radius 2 is 2.19 bits per heavy atom. The van der Waals surface area contributed by atoms with Crippen LogP contribution < -0.4 is 5.73 Å². The van der Waals surface area contributed by atoms with Crippen LogP contribution in [0.3, 0.4) is 0 Å². The molecule has 1 rings (SSSR count). The number of aryl methyl sites for hydroxylation is 2. The van der Waals surface area contributed by atoms with Crippen LogP contribution in [0.25, 0.3) is 0 Å². The Morgan fingerprint density at radius 3 is 2.75 bits per heavy atom. The van der Waals surface area contributed by atoms with E-state index < -0.39 is 0 Å². The maximum absolute atomic E-state index is 6.11. The Hall–Kier alpha value is 0. The quantitative estimate of drug-likeness (QED) is 0.878. The number of halogens is 1. The van der Waals surface area contributed by atoms with Gasteiger partial charge >= 0.3 is 0 Å². The lowest BCUT2D eigenvalue weighted by molar-refractivity contribution is 0.593. The fourth-order valence-electron chi connectivity index (χ4n) is 1.64. The summed E-state index contributed by atoms with van der Waals surface area (Å²) in [7, 11) is 0. The molecule has 5 heteroatoms. The Balaban J connectivity index is 2.71. The first-order valence-electron chi connectivity index (χ1n) is 5.65. The summed E-state index contributed by atoms with van der Waals surface area (Å²) in [4.78, 5) is 0. The van der Waals surface area contributed by atoms with E-state index in [9.17, 15) is 0 Å². The summed E-state index contributed by atoms with van der Waals surface area (Å²) in [5, 5.41) is 4.47. The highest BCUT2D eigenvalue weighted by molar-refractivity contribution is 9.10. The van der Waals surface area contributed by atoms with Crippen LogP contribution in [-0.4, -0.2) is 27.3 Å². The molecule has 3 nitrogen and oxygen atoms in total. The van der Waals surface area contributed by atoms with E-state index in [4.69, 9.17) is 5.73 Å². The molecule has 0 aliphatic carbocycles. The van der Waals surface area contributed by atoms with E-state index in [2.05, 4.69) is 34.9 Å². The van der Waals surface area contributed by atoms with Crippen LogP contribution in [-0.2, 0) is 13.0 Å². The van der Waals surface area contributed by atoms with Crippen LogP contribution in [0, 0.1) is 6.92 Å². The molecule has 1 heterocycles. The minimum Gasteiger partial charge on any atom is -0.327 e. The van der Waals surface area contributed by atoms with Gasteiger partial charge in [0.15, 0.2) is 0 Å². The highest BCUT2D eigenvalue weighted by Crippen LogP contribution is 2.22. The van der Waals surface area contributed by atoms with Crippen LogP contribution in [0.5, 0.6) is 0 Å². The molecule has 0 amide bonds. The minimum absolute atomic E-state index is 0.211. The summed E-state index contributed by atoms with van der Waals surface area (Å²) in [6, 6.07) is 0.211. The van der Waals surface area contributed by atoms with Crippen LogP contribution >= 0.6 is 27.7 Å². The average molecular weight is 306 g/mol. The lowest BCUT2D eigenvalue weighted by atomic mass is 10.2. The molecule has 0 bridgehead atoms. The van der Waals surface area contributed by atoms with E-state index in [1.54, 1.807) is 0 Å². The molecule has 0 radical (unpaired) electrons. The summed E-state index contributed by atoms with van der Waals surface area (Å²) in [5.41, 5.74) is 8.39. The number of hydrogen-bond acceptors (Lipinski definition) is 3. The number of thioether (sulfide) groups is 1. The number of hydrogen-bond donors (Lipinski definition) is 1. The largest absolute Gasteiger partial charge is 0.327 e. The van der Waals surface area contributed by atoms with Gasteiger partial charge in [-0.05, 0) is 35.5 Å². The van der Waals surface area contributed by atoms with E-state index in [0.29, 0.717) is 0 Å². The van der Waals surface area contributed by atoms with Gasteiger partial charge in [-0.1, -0.05) is 6.92 Å². The zero-order valence-corrected chi connectivity index (χ0v) is 12.6. The molecule has 0 fully saturated rings. The molecule has 0 spiro atoms. The van der Waals surface area contributed by atoms with Crippen molar-refractivity contribution in [2.75, 3.05) is 11.5 Å². The first kappa shape index (κ1) is 14.1. The third-order valence-corrected chi connectivity index (χ3v) is 4.55. The fraction of sp³-hybridized carbons (Fsp3) is 0.727. The van der Waals surface area contributed by atoms with Crippen molar-refractivity contribution in [1.82, 2.24) is 9.78 Å². The van der Waals surface area contributed by atoms with Crippen LogP contribution in [0.4, 0.5) is 0 Å². The molecule has 0 aliphatic heterocycles. The van der Waals surface area contributed by atoms with E-state index in [1.165, 1.54) is 5.69 Å². The third kappa shape index (κ3) is 3.50. The normalized spacial score (nSPS) is 13.1. The molecule has 1 atom stereocenters. The second-order valence-corrected chi connectivity index (χ2v) is 5.90. The topological polar surface area (TPSA) is 43.8 Å². The first-order chi connectivity index (χ1) is 7.60. The second-order valence-electron chi connectivity index (χ2n) is 3.79. The Morgan fingerprint density at radius 1 is 1.50 bits per heavy atom. The van der Waals surface area contributed by atoms with Gasteiger partial charge in [0.1, 0.15) is 0 Å². The van der Waals surface area contributed by atoms with Gasteiger partial charge in [0, 0.05) is 24.8 Å². The highest BCUT2D eigenvalue weighted by atomic mass is 79.9. The standard InChI is InChI=1S/C11H20BrN3S/c1-4-15-10(11(12)8(3)14-15)6-9(13)7-16-5-2/h9H,4-7,13H2,1-3H3. The van der Waals surface area contributed by atoms with Gasteiger partial charge in [0.2, 0.25) is 0 Å². The molecule has 0 aliphatic rings. The third-order valence-electron chi connectivity index (χ3n) is 2.44. The summed E-state index contributed by atoms with van der Waals surface area (Å²) >= 11 is 5.48. The van der Waals surface area contributed by atoms with Gasteiger partial charge < -0.3 is 5.73 Å². The van der Waals surface area contributed by atoms with Crippen molar-refractivity contribution in [3.05, 3.63) is 15.9 Å². The molecular formula is C11H20BrN3S. The smallest absolute Gasteiger partial charge is 0.0738 e.